The van der Waals surface area contributed by atoms with Crippen LogP contribution in [-0.2, 0) is 9.59 Å². The van der Waals surface area contributed by atoms with Crippen LogP contribution in [0.4, 0.5) is 0 Å². The maximum atomic E-state index is 12.1. The molecule has 96 valence electrons. The van der Waals surface area contributed by atoms with E-state index in [4.69, 9.17) is 0 Å². The summed E-state index contributed by atoms with van der Waals surface area (Å²) >= 11 is 0. The van der Waals surface area contributed by atoms with Crippen molar-refractivity contribution >= 4 is 11.8 Å². The molecule has 0 aromatic carbocycles. The Morgan fingerprint density at radius 2 is 2.00 bits per heavy atom. The predicted molar refractivity (Wildman–Crippen MR) is 66.2 cm³/mol. The molecule has 1 saturated heterocycles. The van der Waals surface area contributed by atoms with Crippen molar-refractivity contribution in [3.05, 3.63) is 0 Å². The molecule has 3 heteroatoms. The molecule has 3 nitrogen and oxygen atoms in total. The molecule has 0 bridgehead atoms. The smallest absolute Gasteiger partial charge is 0.230 e. The Morgan fingerprint density at radius 3 is 2.59 bits per heavy atom. The van der Waals surface area contributed by atoms with Gasteiger partial charge in [-0.2, -0.15) is 0 Å². The van der Waals surface area contributed by atoms with Crippen molar-refractivity contribution in [2.75, 3.05) is 0 Å². The van der Waals surface area contributed by atoms with Gasteiger partial charge in [-0.05, 0) is 23.7 Å². The number of carbonyl (C=O) groups excluding carboxylic acids is 2. The van der Waals surface area contributed by atoms with Crippen molar-refractivity contribution in [3.8, 4) is 0 Å². The molecule has 2 fully saturated rings. The number of carbonyl (C=O) groups is 2. The second-order valence-corrected chi connectivity index (χ2v) is 6.19. The lowest BCUT2D eigenvalue weighted by Crippen LogP contribution is -2.57. The van der Waals surface area contributed by atoms with Gasteiger partial charge in [0.1, 0.15) is 0 Å². The Hall–Kier alpha value is -0.860. The highest BCUT2D eigenvalue weighted by molar-refractivity contribution is 5.99. The SMILES string of the molecule is CC(C)C1C(=O)NC(=O)CC12CCCCC2C. The van der Waals surface area contributed by atoms with Crippen LogP contribution in [0.1, 0.15) is 52.9 Å². The Bertz CT molecular complexity index is 337. The molecule has 3 atom stereocenters. The van der Waals surface area contributed by atoms with E-state index in [0.717, 1.165) is 19.3 Å². The van der Waals surface area contributed by atoms with Crippen molar-refractivity contribution < 1.29 is 9.59 Å². The van der Waals surface area contributed by atoms with Gasteiger partial charge in [0.15, 0.2) is 0 Å². The molecule has 0 radical (unpaired) electrons. The zero-order valence-electron chi connectivity index (χ0n) is 11.1. The number of amides is 2. The normalized spacial score (nSPS) is 38.6. The molecule has 1 saturated carbocycles. The summed E-state index contributed by atoms with van der Waals surface area (Å²) in [6.07, 6.45) is 5.14. The molecule has 1 heterocycles. The lowest BCUT2D eigenvalue weighted by molar-refractivity contribution is -0.151. The number of nitrogens with one attached hydrogen (secondary N) is 1. The Morgan fingerprint density at radius 1 is 1.29 bits per heavy atom. The van der Waals surface area contributed by atoms with Crippen molar-refractivity contribution in [2.45, 2.75) is 52.9 Å². The van der Waals surface area contributed by atoms with Crippen LogP contribution in [0.25, 0.3) is 0 Å². The van der Waals surface area contributed by atoms with E-state index in [1.807, 2.05) is 0 Å². The zero-order chi connectivity index (χ0) is 12.6. The van der Waals surface area contributed by atoms with Gasteiger partial charge in [-0.25, -0.2) is 0 Å². The van der Waals surface area contributed by atoms with Crippen LogP contribution < -0.4 is 5.32 Å². The molecule has 2 aliphatic rings. The van der Waals surface area contributed by atoms with Gasteiger partial charge >= 0.3 is 0 Å². The summed E-state index contributed by atoms with van der Waals surface area (Å²) < 4.78 is 0. The molecule has 0 aromatic rings. The molecule has 1 spiro atoms. The standard InChI is InChI=1S/C14H23NO2/c1-9(2)12-13(17)15-11(16)8-14(12)7-5-4-6-10(14)3/h9-10,12H,4-8H2,1-3H3,(H,15,16,17). The Labute approximate surface area is 103 Å². The summed E-state index contributed by atoms with van der Waals surface area (Å²) in [6.45, 7) is 6.42. The Kier molecular flexibility index (Phi) is 3.28. The number of hydrogen-bond donors (Lipinski definition) is 1. The molecular formula is C14H23NO2. The molecule has 2 amide bonds. The average Bonchev–Trinajstić information content (AvgIpc) is 2.20. The Balaban J connectivity index is 2.37. The summed E-state index contributed by atoms with van der Waals surface area (Å²) in [5.41, 5.74) is -0.0637. The van der Waals surface area contributed by atoms with Crippen LogP contribution in [0, 0.1) is 23.2 Å². The minimum absolute atomic E-state index is 0.00972. The fourth-order valence-electron chi connectivity index (χ4n) is 4.06. The molecular weight excluding hydrogens is 214 g/mol. The van der Waals surface area contributed by atoms with Crippen molar-refractivity contribution in [1.82, 2.24) is 5.32 Å². The number of piperidine rings is 1. The fraction of sp³-hybridized carbons (Fsp3) is 0.857. The minimum atomic E-state index is -0.0688. The second kappa shape index (κ2) is 4.43. The van der Waals surface area contributed by atoms with Crippen molar-refractivity contribution in [2.24, 2.45) is 23.2 Å². The molecule has 0 aromatic heterocycles. The van der Waals surface area contributed by atoms with E-state index in [-0.39, 0.29) is 23.1 Å². The maximum absolute atomic E-state index is 12.1. The zero-order valence-corrected chi connectivity index (χ0v) is 11.1. The first-order valence-corrected chi connectivity index (χ1v) is 6.81. The third kappa shape index (κ3) is 2.00. The summed E-state index contributed by atoms with van der Waals surface area (Å²) in [6, 6.07) is 0. The minimum Gasteiger partial charge on any atom is -0.296 e. The van der Waals surface area contributed by atoms with Crippen molar-refractivity contribution in [3.63, 3.8) is 0 Å². The summed E-state index contributed by atoms with van der Waals surface area (Å²) in [4.78, 5) is 23.9. The van der Waals surface area contributed by atoms with Crippen LogP contribution in [-0.4, -0.2) is 11.8 Å². The van der Waals surface area contributed by atoms with Gasteiger partial charge in [-0.3, -0.25) is 14.9 Å². The average molecular weight is 237 g/mol. The van der Waals surface area contributed by atoms with Gasteiger partial charge in [0, 0.05) is 12.3 Å². The number of hydrogen-bond acceptors (Lipinski definition) is 2. The van der Waals surface area contributed by atoms with Crippen molar-refractivity contribution in [1.29, 1.82) is 0 Å². The van der Waals surface area contributed by atoms with Crippen LogP contribution in [0.3, 0.4) is 0 Å². The van der Waals surface area contributed by atoms with Gasteiger partial charge < -0.3 is 0 Å². The van der Waals surface area contributed by atoms with Gasteiger partial charge in [0.25, 0.3) is 0 Å². The number of rotatable bonds is 1. The lowest BCUT2D eigenvalue weighted by atomic mass is 9.54. The monoisotopic (exact) mass is 237 g/mol. The van der Waals surface area contributed by atoms with E-state index in [2.05, 4.69) is 26.1 Å². The molecule has 1 aliphatic carbocycles. The highest BCUT2D eigenvalue weighted by atomic mass is 16.2. The summed E-state index contributed by atoms with van der Waals surface area (Å²) in [5.74, 6) is 0.698. The van der Waals surface area contributed by atoms with Gasteiger partial charge in [-0.1, -0.05) is 40.0 Å². The van der Waals surface area contributed by atoms with E-state index in [1.165, 1.54) is 6.42 Å². The molecule has 1 N–H and O–H groups in total. The van der Waals surface area contributed by atoms with Gasteiger partial charge in [0.05, 0.1) is 0 Å². The highest BCUT2D eigenvalue weighted by Gasteiger charge is 2.52. The highest BCUT2D eigenvalue weighted by Crippen LogP contribution is 2.52. The van der Waals surface area contributed by atoms with Crippen LogP contribution in [0.15, 0.2) is 0 Å². The summed E-state index contributed by atoms with van der Waals surface area (Å²) in [5, 5.41) is 2.52. The first-order valence-electron chi connectivity index (χ1n) is 6.81. The van der Waals surface area contributed by atoms with E-state index < -0.39 is 0 Å². The first-order chi connectivity index (χ1) is 7.97. The molecule has 3 unspecified atom stereocenters. The van der Waals surface area contributed by atoms with Crippen LogP contribution in [0.5, 0.6) is 0 Å². The largest absolute Gasteiger partial charge is 0.296 e. The molecule has 2 rings (SSSR count). The van der Waals surface area contributed by atoms with E-state index in [9.17, 15) is 9.59 Å². The van der Waals surface area contributed by atoms with Gasteiger partial charge in [-0.15, -0.1) is 0 Å². The fourth-order valence-corrected chi connectivity index (χ4v) is 4.06. The van der Waals surface area contributed by atoms with E-state index >= 15 is 0 Å². The topological polar surface area (TPSA) is 46.2 Å². The third-order valence-corrected chi connectivity index (χ3v) is 4.83. The quantitative estimate of drug-likeness (QED) is 0.712. The second-order valence-electron chi connectivity index (χ2n) is 6.19. The molecule has 1 aliphatic heterocycles. The molecule has 17 heavy (non-hydrogen) atoms. The lowest BCUT2D eigenvalue weighted by Gasteiger charge is -2.50. The first kappa shape index (κ1) is 12.6. The van der Waals surface area contributed by atoms with E-state index in [0.29, 0.717) is 18.3 Å². The maximum Gasteiger partial charge on any atom is 0.230 e. The van der Waals surface area contributed by atoms with Crippen LogP contribution in [0.2, 0.25) is 0 Å². The summed E-state index contributed by atoms with van der Waals surface area (Å²) in [7, 11) is 0. The van der Waals surface area contributed by atoms with E-state index in [1.54, 1.807) is 0 Å². The third-order valence-electron chi connectivity index (χ3n) is 4.83. The predicted octanol–water partition coefficient (Wildman–Crippen LogP) is 2.50. The van der Waals surface area contributed by atoms with Crippen LogP contribution >= 0.6 is 0 Å². The number of imide groups is 1. The van der Waals surface area contributed by atoms with Gasteiger partial charge in [0.2, 0.25) is 11.8 Å².